The fraction of sp³-hybridized carbons (Fsp3) is 0.167. The number of para-hydroxylation sites is 4. The van der Waals surface area contributed by atoms with E-state index in [1.807, 2.05) is 0 Å². The normalized spacial score (nSPS) is 10.1. The molecule has 8 aromatic carbocycles. The van der Waals surface area contributed by atoms with Crippen molar-refractivity contribution in [3.63, 3.8) is 0 Å². The maximum atomic E-state index is 11.9. The van der Waals surface area contributed by atoms with Gasteiger partial charge in [-0.1, -0.05) is 193 Å². The van der Waals surface area contributed by atoms with Gasteiger partial charge in [-0.25, -0.2) is 0 Å². The van der Waals surface area contributed by atoms with E-state index in [9.17, 15) is 20.4 Å². The minimum Gasteiger partial charge on any atom is -0.870 e. The molecule has 0 unspecified atom stereocenters. The molecule has 0 bridgehead atoms. The van der Waals surface area contributed by atoms with Gasteiger partial charge in [0.05, 0.1) is 60.7 Å². The monoisotopic (exact) mass is 1420 g/mol. The molecule has 8 rings (SSSR count). The van der Waals surface area contributed by atoms with Crippen molar-refractivity contribution in [2.75, 3.05) is 54.6 Å². The quantitative estimate of drug-likeness (QED) is 0.0671. The topological polar surface area (TPSA) is 283 Å². The van der Waals surface area contributed by atoms with E-state index in [1.165, 1.54) is 82.1 Å². The first-order chi connectivity index (χ1) is 40.6. The molecule has 0 radical (unpaired) electrons. The van der Waals surface area contributed by atoms with Crippen LogP contribution < -0.4 is 71.4 Å². The van der Waals surface area contributed by atoms with Gasteiger partial charge in [0.25, 0.3) is 0 Å². The smallest absolute Gasteiger partial charge is 0.870 e. The molecule has 17 nitrogen and oxygen atoms in total. The van der Waals surface area contributed by atoms with Gasteiger partial charge in [-0.15, -0.1) is 0 Å². The molecule has 444 valence electrons. The number of hydrogen-bond donors (Lipinski definition) is 0. The van der Waals surface area contributed by atoms with Crippen LogP contribution in [0.4, 0.5) is 0 Å². The van der Waals surface area contributed by atoms with Crippen molar-refractivity contribution in [2.45, 2.75) is 20.8 Å². The third kappa shape index (κ3) is 26.6. The summed E-state index contributed by atoms with van der Waals surface area (Å²) in [6, 6.07) is 65.4. The Balaban J connectivity index is 0.00000115. The van der Waals surface area contributed by atoms with Gasteiger partial charge in [0, 0.05) is 43.7 Å². The minimum absolute atomic E-state index is 0. The van der Waals surface area contributed by atoms with Crippen LogP contribution in [0.25, 0.3) is 0 Å². The number of hydrogen-bond acceptors (Lipinski definition) is 17. The summed E-state index contributed by atoms with van der Waals surface area (Å²) in [6.07, 6.45) is 4.80. The van der Waals surface area contributed by atoms with Crippen molar-refractivity contribution in [3.8, 4) is 52.1 Å². The van der Waals surface area contributed by atoms with E-state index >= 15 is 0 Å². The van der Waals surface area contributed by atoms with Crippen LogP contribution in [-0.4, -0.2) is 97.6 Å². The van der Waals surface area contributed by atoms with Gasteiger partial charge in [-0.05, 0) is 60.4 Å². The van der Waals surface area contributed by atoms with Gasteiger partial charge in [-0.3, -0.25) is 20.0 Å². The molecule has 8 aromatic rings. The first-order valence-corrected chi connectivity index (χ1v) is 26.0. The molecule has 87 heavy (non-hydrogen) atoms. The van der Waals surface area contributed by atoms with Crippen LogP contribution in [0.1, 0.15) is 43.0 Å². The Hall–Kier alpha value is -8.16. The average molecular weight is 1430 g/mol. The first kappa shape index (κ1) is 78.8. The summed E-state index contributed by atoms with van der Waals surface area (Å²) in [7, 11) is 5.81. The zero-order valence-electron chi connectivity index (χ0n) is 49.5. The maximum Gasteiger partial charge on any atom is 3.00 e. The number of nitriles is 1. The third-order valence-electron chi connectivity index (χ3n) is 11.8. The molecule has 0 aliphatic rings. The van der Waals surface area contributed by atoms with E-state index in [1.54, 1.807) is 78.9 Å². The standard InChI is InChI=1S/C24H20B.2C18H20N2O4.C2H3N.2C2H4O2.Ho.2Zn/c1-5-13-21(14-6-1)25(22-15-7-2-8-16-22,23-17-9-3-10-18-23)24-19-11-4-12-20-24;2*1-23-15-7-3-5-13(17(15)21)11-19-9-10-20-12-14-6-4-8-16(24-2)18(14)22;1-2-3;2*1-2(3)4;;;/h1-20H;2*3-8,11-12,21-22H,9-10H2,1-2H3;1H3;2*1H3,(H,3,4);;;/q-1;;;;;;+3;2*+2/p-6. The van der Waals surface area contributed by atoms with Gasteiger partial charge in [0.2, 0.25) is 0 Å². The van der Waals surface area contributed by atoms with Gasteiger partial charge < -0.3 is 59.2 Å². The van der Waals surface area contributed by atoms with Crippen LogP contribution in [0.3, 0.4) is 0 Å². The van der Waals surface area contributed by atoms with Crippen LogP contribution >= 0.6 is 0 Å². The van der Waals surface area contributed by atoms with E-state index in [4.69, 9.17) is 44.0 Å². The number of aliphatic imine (C=N–C) groups is 4. The largest absolute Gasteiger partial charge is 3.00 e. The SMILES string of the molecule is CC#N.CC(=O)[O-].CC(=O)[O-].COc1cccc(C=NCCN=Cc2cccc(OC)c2[O-])c1[O-].COc1cccc(C=NCCN=Cc2cccc(OC)c2[O-])c1[O-].[Ho+3].[Zn+2].[Zn+2].c1ccc([B-](c2ccccc2)(c2ccccc2)c2ccccc2)cc1. The molecule has 0 atom stereocenters. The summed E-state index contributed by atoms with van der Waals surface area (Å²) >= 11 is 0. The summed E-state index contributed by atoms with van der Waals surface area (Å²) < 4.78 is 19.9. The number of ether oxygens (including phenoxy) is 4. The van der Waals surface area contributed by atoms with E-state index in [2.05, 4.69) is 141 Å². The summed E-state index contributed by atoms with van der Waals surface area (Å²) in [5.41, 5.74) is 7.22. The van der Waals surface area contributed by atoms with Crippen LogP contribution in [0.5, 0.6) is 46.0 Å². The van der Waals surface area contributed by atoms with E-state index in [0.717, 1.165) is 13.8 Å². The number of carboxylic acid groups (broad SMARTS) is 2. The number of carbonyl (C=O) groups is 2. The van der Waals surface area contributed by atoms with Gasteiger partial charge in [0.15, 0.2) is 0 Å². The second-order valence-corrected chi connectivity index (χ2v) is 17.4. The Labute approximate surface area is 564 Å². The van der Waals surface area contributed by atoms with Gasteiger partial charge in [0.1, 0.15) is 29.1 Å². The Morgan fingerprint density at radius 1 is 0.402 bits per heavy atom. The predicted octanol–water partition coefficient (Wildman–Crippen LogP) is 3.88. The molecule has 0 saturated carbocycles. The summed E-state index contributed by atoms with van der Waals surface area (Å²) in [4.78, 5) is 34.5. The molecule has 0 fully saturated rings. The van der Waals surface area contributed by atoms with Crippen molar-refractivity contribution in [1.82, 2.24) is 0 Å². The van der Waals surface area contributed by atoms with Crippen LogP contribution in [0.2, 0.25) is 0 Å². The van der Waals surface area contributed by atoms with Crippen molar-refractivity contribution < 1.29 is 136 Å². The minimum atomic E-state index is -1.22. The summed E-state index contributed by atoms with van der Waals surface area (Å²) in [5.74, 6) is -1.79. The van der Waals surface area contributed by atoms with Crippen LogP contribution in [0, 0.1) is 49.1 Å². The molecule has 0 N–H and O–H groups in total. The zero-order chi connectivity index (χ0) is 61.5. The molecule has 0 aliphatic heterocycles. The third-order valence-corrected chi connectivity index (χ3v) is 11.8. The average Bonchev–Trinajstić information content (AvgIpc) is 0.904. The Morgan fingerprint density at radius 2 is 0.575 bits per heavy atom. The fourth-order valence-electron chi connectivity index (χ4n) is 8.18. The molecule has 0 amide bonds. The number of rotatable bonds is 18. The number of aliphatic carboxylic acids is 2. The number of nitrogens with zero attached hydrogens (tertiary/aromatic N) is 5. The van der Waals surface area contributed by atoms with E-state index in [-0.39, 0.29) is 123 Å². The van der Waals surface area contributed by atoms with Gasteiger partial charge in [-0.2, -0.15) is 27.1 Å². The van der Waals surface area contributed by atoms with Crippen molar-refractivity contribution in [1.29, 1.82) is 5.26 Å². The molecule has 0 spiro atoms. The molecule has 0 aliphatic carbocycles. The van der Waals surface area contributed by atoms with Crippen LogP contribution in [0.15, 0.2) is 214 Å². The van der Waals surface area contributed by atoms with Crippen molar-refractivity contribution in [2.24, 2.45) is 20.0 Å². The maximum absolute atomic E-state index is 11.9. The molecular weight excluding hydrogens is 1360 g/mol. The second-order valence-electron chi connectivity index (χ2n) is 17.4. The molecular formula is C66H65BHoN5O12Zn2. The van der Waals surface area contributed by atoms with Crippen LogP contribution in [-0.2, 0) is 48.5 Å². The first-order valence-electron chi connectivity index (χ1n) is 26.0. The Bertz CT molecular complexity index is 2980. The fourth-order valence-corrected chi connectivity index (χ4v) is 8.18. The number of benzene rings is 8. The Kier molecular flexibility index (Phi) is 41.0. The molecule has 0 heterocycles. The summed E-state index contributed by atoms with van der Waals surface area (Å²) in [6.45, 7) is 5.01. The van der Waals surface area contributed by atoms with Crippen molar-refractivity contribution >= 4 is 64.8 Å². The van der Waals surface area contributed by atoms with Crippen molar-refractivity contribution in [3.05, 3.63) is 216 Å². The number of methoxy groups -OCH3 is 4. The molecule has 0 saturated heterocycles. The van der Waals surface area contributed by atoms with Gasteiger partial charge >= 0.3 is 76.7 Å². The van der Waals surface area contributed by atoms with E-state index < -0.39 is 18.1 Å². The molecule has 0 aromatic heterocycles. The predicted molar refractivity (Wildman–Crippen MR) is 322 cm³/mol. The molecule has 21 heteroatoms. The number of carboxylic acids is 2. The number of carbonyl (C=O) groups excluding carboxylic acids is 2. The Morgan fingerprint density at radius 3 is 0.736 bits per heavy atom. The second kappa shape index (κ2) is 45.2. The zero-order valence-corrected chi connectivity index (χ0v) is 57.4. The van der Waals surface area contributed by atoms with E-state index in [0.29, 0.717) is 48.4 Å². The summed E-state index contributed by atoms with van der Waals surface area (Å²) in [5, 5.41) is 72.7.